The standard InChI is InChI=1S/C18H23NS/c1-14-6-8-16(9-7-14)20-18-5-3-2-4-17(18)15-10-12-19-13-11-15/h2-6,8,15,19H,7,9-13H2,1H3. The summed E-state index contributed by atoms with van der Waals surface area (Å²) in [6.07, 6.45) is 9.55. The van der Waals surface area contributed by atoms with E-state index in [-0.39, 0.29) is 0 Å². The summed E-state index contributed by atoms with van der Waals surface area (Å²) in [5.41, 5.74) is 3.06. The van der Waals surface area contributed by atoms with Crippen LogP contribution in [0.15, 0.2) is 51.8 Å². The maximum absolute atomic E-state index is 3.46. The Hall–Kier alpha value is -0.990. The molecule has 0 spiro atoms. The first kappa shape index (κ1) is 14.0. The lowest BCUT2D eigenvalue weighted by atomic mass is 9.90. The minimum absolute atomic E-state index is 0.737. The summed E-state index contributed by atoms with van der Waals surface area (Å²) < 4.78 is 0. The van der Waals surface area contributed by atoms with Crippen molar-refractivity contribution >= 4 is 11.8 Å². The molecule has 0 amide bonds. The topological polar surface area (TPSA) is 12.0 Å². The highest BCUT2D eigenvalue weighted by atomic mass is 32.2. The zero-order valence-electron chi connectivity index (χ0n) is 12.2. The fourth-order valence-corrected chi connectivity index (χ4v) is 4.11. The van der Waals surface area contributed by atoms with Gasteiger partial charge in [-0.25, -0.2) is 0 Å². The van der Waals surface area contributed by atoms with Crippen molar-refractivity contribution < 1.29 is 0 Å². The second-order valence-electron chi connectivity index (χ2n) is 5.81. The number of nitrogens with one attached hydrogen (secondary N) is 1. The van der Waals surface area contributed by atoms with E-state index in [9.17, 15) is 0 Å². The lowest BCUT2D eigenvalue weighted by Crippen LogP contribution is -2.26. The van der Waals surface area contributed by atoms with E-state index in [0.717, 1.165) is 19.0 Å². The molecule has 1 heterocycles. The van der Waals surface area contributed by atoms with Crippen LogP contribution in [0.25, 0.3) is 0 Å². The molecular formula is C18H23NS. The number of hydrogen-bond donors (Lipinski definition) is 1. The molecule has 3 rings (SSSR count). The number of thioether (sulfide) groups is 1. The summed E-state index contributed by atoms with van der Waals surface area (Å²) in [5, 5.41) is 3.46. The van der Waals surface area contributed by atoms with Crippen molar-refractivity contribution in [2.45, 2.75) is 43.4 Å². The van der Waals surface area contributed by atoms with Crippen LogP contribution in [0.1, 0.15) is 44.1 Å². The van der Waals surface area contributed by atoms with Gasteiger partial charge < -0.3 is 5.32 Å². The van der Waals surface area contributed by atoms with Crippen LogP contribution in [-0.4, -0.2) is 13.1 Å². The lowest BCUT2D eigenvalue weighted by molar-refractivity contribution is 0.456. The molecule has 0 radical (unpaired) electrons. The van der Waals surface area contributed by atoms with Gasteiger partial charge in [-0.05, 0) is 68.1 Å². The maximum atomic E-state index is 3.46. The fraction of sp³-hybridized carbons (Fsp3) is 0.444. The van der Waals surface area contributed by atoms with Gasteiger partial charge >= 0.3 is 0 Å². The summed E-state index contributed by atoms with van der Waals surface area (Å²) >= 11 is 1.98. The Balaban J connectivity index is 1.79. The van der Waals surface area contributed by atoms with Crippen LogP contribution in [0, 0.1) is 0 Å². The molecule has 0 unspecified atom stereocenters. The SMILES string of the molecule is CC1=CC=C(Sc2ccccc2C2CCNCC2)CC1. The molecule has 1 aliphatic carbocycles. The predicted molar refractivity (Wildman–Crippen MR) is 88.2 cm³/mol. The lowest BCUT2D eigenvalue weighted by Gasteiger charge is -2.25. The zero-order chi connectivity index (χ0) is 13.8. The number of piperidine rings is 1. The molecule has 106 valence electrons. The largest absolute Gasteiger partial charge is 0.317 e. The smallest absolute Gasteiger partial charge is 0.0153 e. The molecule has 1 N–H and O–H groups in total. The van der Waals surface area contributed by atoms with E-state index in [2.05, 4.69) is 48.7 Å². The van der Waals surface area contributed by atoms with Crippen LogP contribution in [0.3, 0.4) is 0 Å². The molecule has 20 heavy (non-hydrogen) atoms. The molecule has 2 aliphatic rings. The Labute approximate surface area is 126 Å². The van der Waals surface area contributed by atoms with Crippen LogP contribution >= 0.6 is 11.8 Å². The molecule has 0 saturated carbocycles. The summed E-state index contributed by atoms with van der Waals surface area (Å²) in [7, 11) is 0. The molecule has 1 saturated heterocycles. The molecule has 1 aromatic carbocycles. The summed E-state index contributed by atoms with van der Waals surface area (Å²) in [4.78, 5) is 2.98. The molecule has 2 heteroatoms. The number of benzene rings is 1. The normalized spacial score (nSPS) is 20.4. The van der Waals surface area contributed by atoms with Crippen LogP contribution in [0.5, 0.6) is 0 Å². The van der Waals surface area contributed by atoms with Crippen molar-refractivity contribution in [1.29, 1.82) is 0 Å². The first-order chi connectivity index (χ1) is 9.83. The molecule has 0 bridgehead atoms. The van der Waals surface area contributed by atoms with Crippen molar-refractivity contribution in [3.05, 3.63) is 52.5 Å². The Morgan fingerprint density at radius 1 is 1.05 bits per heavy atom. The van der Waals surface area contributed by atoms with Gasteiger partial charge in [0.25, 0.3) is 0 Å². The maximum Gasteiger partial charge on any atom is 0.0153 e. The van der Waals surface area contributed by atoms with E-state index in [1.54, 1.807) is 5.56 Å². The third-order valence-electron chi connectivity index (χ3n) is 4.26. The van der Waals surface area contributed by atoms with Crippen LogP contribution in [0.2, 0.25) is 0 Å². The quantitative estimate of drug-likeness (QED) is 0.850. The van der Waals surface area contributed by atoms with Gasteiger partial charge in [0.1, 0.15) is 0 Å². The molecule has 0 aromatic heterocycles. The first-order valence-electron chi connectivity index (χ1n) is 7.67. The highest BCUT2D eigenvalue weighted by Crippen LogP contribution is 2.39. The van der Waals surface area contributed by atoms with E-state index in [1.165, 1.54) is 41.1 Å². The molecular weight excluding hydrogens is 262 g/mol. The Bertz CT molecular complexity index is 524. The van der Waals surface area contributed by atoms with Gasteiger partial charge in [-0.3, -0.25) is 0 Å². The van der Waals surface area contributed by atoms with Crippen LogP contribution in [0.4, 0.5) is 0 Å². The van der Waals surface area contributed by atoms with Crippen molar-refractivity contribution in [3.63, 3.8) is 0 Å². The van der Waals surface area contributed by atoms with Gasteiger partial charge in [0.15, 0.2) is 0 Å². The average molecular weight is 285 g/mol. The van der Waals surface area contributed by atoms with Crippen molar-refractivity contribution in [1.82, 2.24) is 5.32 Å². The van der Waals surface area contributed by atoms with Crippen molar-refractivity contribution in [2.75, 3.05) is 13.1 Å². The summed E-state index contributed by atoms with van der Waals surface area (Å²) in [6.45, 7) is 4.55. The second kappa shape index (κ2) is 6.64. The minimum Gasteiger partial charge on any atom is -0.317 e. The van der Waals surface area contributed by atoms with Crippen molar-refractivity contribution in [2.24, 2.45) is 0 Å². The zero-order valence-corrected chi connectivity index (χ0v) is 13.0. The Morgan fingerprint density at radius 3 is 2.60 bits per heavy atom. The summed E-state index contributed by atoms with van der Waals surface area (Å²) in [6, 6.07) is 9.01. The number of rotatable bonds is 3. The van der Waals surface area contributed by atoms with Gasteiger partial charge in [0.2, 0.25) is 0 Å². The predicted octanol–water partition coefficient (Wildman–Crippen LogP) is 4.87. The number of hydrogen-bond acceptors (Lipinski definition) is 2. The third kappa shape index (κ3) is 3.36. The molecule has 1 aliphatic heterocycles. The van der Waals surface area contributed by atoms with E-state index in [4.69, 9.17) is 0 Å². The first-order valence-corrected chi connectivity index (χ1v) is 8.48. The van der Waals surface area contributed by atoms with Gasteiger partial charge in [-0.2, -0.15) is 0 Å². The fourth-order valence-electron chi connectivity index (χ4n) is 2.99. The molecule has 1 aromatic rings. The highest BCUT2D eigenvalue weighted by molar-refractivity contribution is 8.03. The highest BCUT2D eigenvalue weighted by Gasteiger charge is 2.18. The van der Waals surface area contributed by atoms with E-state index >= 15 is 0 Å². The number of allylic oxidation sites excluding steroid dienone is 4. The van der Waals surface area contributed by atoms with Gasteiger partial charge in [0.05, 0.1) is 0 Å². The van der Waals surface area contributed by atoms with E-state index in [1.807, 2.05) is 11.8 Å². The van der Waals surface area contributed by atoms with Crippen molar-refractivity contribution in [3.8, 4) is 0 Å². The molecule has 1 nitrogen and oxygen atoms in total. The third-order valence-corrected chi connectivity index (χ3v) is 5.45. The van der Waals surface area contributed by atoms with Gasteiger partial charge in [-0.15, -0.1) is 0 Å². The minimum atomic E-state index is 0.737. The molecule has 0 atom stereocenters. The second-order valence-corrected chi connectivity index (χ2v) is 6.98. The van der Waals surface area contributed by atoms with Gasteiger partial charge in [-0.1, -0.05) is 47.7 Å². The summed E-state index contributed by atoms with van der Waals surface area (Å²) in [5.74, 6) is 0.737. The molecule has 1 fully saturated rings. The Kier molecular flexibility index (Phi) is 4.64. The Morgan fingerprint density at radius 2 is 1.85 bits per heavy atom. The van der Waals surface area contributed by atoms with Crippen LogP contribution in [-0.2, 0) is 0 Å². The van der Waals surface area contributed by atoms with Gasteiger partial charge in [0, 0.05) is 4.90 Å². The van der Waals surface area contributed by atoms with E-state index in [0.29, 0.717) is 0 Å². The van der Waals surface area contributed by atoms with E-state index < -0.39 is 0 Å². The van der Waals surface area contributed by atoms with Crippen LogP contribution < -0.4 is 5.32 Å². The average Bonchev–Trinajstić information content (AvgIpc) is 2.51. The monoisotopic (exact) mass is 285 g/mol.